The number of hydrogen-bond donors (Lipinski definition) is 1. The van der Waals surface area contributed by atoms with E-state index < -0.39 is 32.5 Å². The molecule has 1 aliphatic rings. The zero-order chi connectivity index (χ0) is 28.2. The Morgan fingerprint density at radius 2 is 1.67 bits per heavy atom. The van der Waals surface area contributed by atoms with Gasteiger partial charge in [-0.2, -0.15) is 4.31 Å². The average molecular weight is 615 g/mol. The zero-order valence-electron chi connectivity index (χ0n) is 20.7. The van der Waals surface area contributed by atoms with Crippen molar-refractivity contribution in [2.75, 3.05) is 49.6 Å². The predicted molar refractivity (Wildman–Crippen MR) is 149 cm³/mol. The smallest absolute Gasteiger partial charge is 0.264 e. The Bertz CT molecular complexity index is 1560. The van der Waals surface area contributed by atoms with Crippen LogP contribution in [0, 0.1) is 0 Å². The molecule has 0 radical (unpaired) electrons. The molecule has 1 N–H and O–H groups in total. The molecule has 14 heteroatoms. The number of methoxy groups -OCH3 is 1. The standard InChI is InChI=1S/C25H25Cl2N3O7S2/c1-36-23-10-7-18(15-24(23)39(34,35)29-11-13-37-14-12-29)28-25(31)17-30(19-8-9-21(26)22(27)16-19)38(32,33)20-5-3-2-4-6-20/h2-10,15-16H,11-14,17H2,1H3,(H,28,31). The number of rotatable bonds is 9. The largest absolute Gasteiger partial charge is 0.495 e. The number of ether oxygens (including phenoxy) is 2. The highest BCUT2D eigenvalue weighted by atomic mass is 35.5. The van der Waals surface area contributed by atoms with Gasteiger partial charge >= 0.3 is 0 Å². The number of nitrogens with zero attached hydrogens (tertiary/aromatic N) is 2. The Labute approximate surface area is 237 Å². The molecule has 1 aliphatic heterocycles. The van der Waals surface area contributed by atoms with Gasteiger partial charge in [-0.3, -0.25) is 9.10 Å². The number of benzene rings is 3. The minimum atomic E-state index is -4.19. The topological polar surface area (TPSA) is 122 Å². The fraction of sp³-hybridized carbons (Fsp3) is 0.240. The molecule has 0 bridgehead atoms. The maximum atomic E-state index is 13.5. The molecule has 1 fully saturated rings. The number of hydrogen-bond acceptors (Lipinski definition) is 7. The van der Waals surface area contributed by atoms with E-state index in [1.807, 2.05) is 0 Å². The van der Waals surface area contributed by atoms with Crippen LogP contribution in [0.3, 0.4) is 0 Å². The first kappa shape index (κ1) is 29.1. The lowest BCUT2D eigenvalue weighted by molar-refractivity contribution is -0.114. The third kappa shape index (κ3) is 6.48. The van der Waals surface area contributed by atoms with Crippen LogP contribution in [0.5, 0.6) is 5.75 Å². The molecule has 3 aromatic carbocycles. The van der Waals surface area contributed by atoms with Crippen molar-refractivity contribution in [3.63, 3.8) is 0 Å². The van der Waals surface area contributed by atoms with Gasteiger partial charge in [0.2, 0.25) is 15.9 Å². The SMILES string of the molecule is COc1ccc(NC(=O)CN(c2ccc(Cl)c(Cl)c2)S(=O)(=O)c2ccccc2)cc1S(=O)(=O)N1CCOCC1. The van der Waals surface area contributed by atoms with E-state index in [2.05, 4.69) is 5.32 Å². The van der Waals surface area contributed by atoms with Gasteiger partial charge < -0.3 is 14.8 Å². The fourth-order valence-electron chi connectivity index (χ4n) is 3.89. The highest BCUT2D eigenvalue weighted by Crippen LogP contribution is 2.32. The Morgan fingerprint density at radius 3 is 2.31 bits per heavy atom. The lowest BCUT2D eigenvalue weighted by Crippen LogP contribution is -2.40. The summed E-state index contributed by atoms with van der Waals surface area (Å²) in [5.41, 5.74) is 0.257. The Kier molecular flexibility index (Phi) is 9.04. The molecular weight excluding hydrogens is 589 g/mol. The molecule has 0 saturated carbocycles. The first-order chi connectivity index (χ1) is 18.5. The van der Waals surface area contributed by atoms with E-state index in [1.54, 1.807) is 18.2 Å². The van der Waals surface area contributed by atoms with E-state index >= 15 is 0 Å². The van der Waals surface area contributed by atoms with E-state index in [0.29, 0.717) is 0 Å². The van der Waals surface area contributed by atoms with Crippen LogP contribution in [-0.2, 0) is 29.6 Å². The quantitative estimate of drug-likeness (QED) is 0.389. The number of sulfonamides is 2. The zero-order valence-corrected chi connectivity index (χ0v) is 23.9. The molecule has 0 aromatic heterocycles. The minimum Gasteiger partial charge on any atom is -0.495 e. The Morgan fingerprint density at radius 1 is 0.974 bits per heavy atom. The second kappa shape index (κ2) is 12.1. The van der Waals surface area contributed by atoms with Crippen LogP contribution in [-0.4, -0.2) is 67.0 Å². The molecule has 0 spiro atoms. The summed E-state index contributed by atoms with van der Waals surface area (Å²) in [6.45, 7) is 0.250. The third-order valence-electron chi connectivity index (χ3n) is 5.84. The van der Waals surface area contributed by atoms with Crippen molar-refractivity contribution in [3.8, 4) is 5.75 Å². The van der Waals surface area contributed by atoms with Gasteiger partial charge in [-0.1, -0.05) is 41.4 Å². The molecule has 208 valence electrons. The molecule has 3 aromatic rings. The number of morpholine rings is 1. The monoisotopic (exact) mass is 613 g/mol. The van der Waals surface area contributed by atoms with Gasteiger partial charge in [0.15, 0.2) is 0 Å². The summed E-state index contributed by atoms with van der Waals surface area (Å²) in [4.78, 5) is 13.0. The lowest BCUT2D eigenvalue weighted by Gasteiger charge is -2.27. The molecule has 1 amide bonds. The molecule has 10 nitrogen and oxygen atoms in total. The molecule has 1 heterocycles. The van der Waals surface area contributed by atoms with E-state index in [9.17, 15) is 21.6 Å². The predicted octanol–water partition coefficient (Wildman–Crippen LogP) is 3.86. The fourth-order valence-corrected chi connectivity index (χ4v) is 7.20. The second-order valence-corrected chi connectivity index (χ2v) is 12.9. The van der Waals surface area contributed by atoms with Crippen LogP contribution in [0.15, 0.2) is 76.5 Å². The van der Waals surface area contributed by atoms with E-state index in [0.717, 1.165) is 4.31 Å². The van der Waals surface area contributed by atoms with Crippen LogP contribution < -0.4 is 14.4 Å². The van der Waals surface area contributed by atoms with Crippen molar-refractivity contribution in [1.82, 2.24) is 4.31 Å². The van der Waals surface area contributed by atoms with Crippen LogP contribution in [0.25, 0.3) is 0 Å². The summed E-state index contributed by atoms with van der Waals surface area (Å²) >= 11 is 12.2. The van der Waals surface area contributed by atoms with Gasteiger partial charge in [-0.25, -0.2) is 16.8 Å². The van der Waals surface area contributed by atoms with Crippen molar-refractivity contribution < 1.29 is 31.1 Å². The average Bonchev–Trinajstić information content (AvgIpc) is 2.94. The van der Waals surface area contributed by atoms with Crippen molar-refractivity contribution in [3.05, 3.63) is 76.8 Å². The second-order valence-electron chi connectivity index (χ2n) is 8.35. The molecule has 0 atom stereocenters. The third-order valence-corrected chi connectivity index (χ3v) is 10.3. The number of anilines is 2. The van der Waals surface area contributed by atoms with Crippen molar-refractivity contribution >= 4 is 60.5 Å². The van der Waals surface area contributed by atoms with Crippen LogP contribution in [0.4, 0.5) is 11.4 Å². The summed E-state index contributed by atoms with van der Waals surface area (Å²) in [6, 6.07) is 16.0. The van der Waals surface area contributed by atoms with Crippen LogP contribution >= 0.6 is 23.2 Å². The summed E-state index contributed by atoms with van der Waals surface area (Å²) in [6.07, 6.45) is 0. The molecule has 1 saturated heterocycles. The van der Waals surface area contributed by atoms with Crippen molar-refractivity contribution in [1.29, 1.82) is 0 Å². The molecular formula is C25H25Cl2N3O7S2. The maximum absolute atomic E-state index is 13.5. The number of halogens is 2. The normalized spacial score (nSPS) is 14.5. The summed E-state index contributed by atoms with van der Waals surface area (Å²) in [5, 5.41) is 2.92. The Hall–Kier alpha value is -2.87. The molecule has 39 heavy (non-hydrogen) atoms. The number of carbonyl (C=O) groups is 1. The van der Waals surface area contributed by atoms with Gasteiger partial charge in [-0.15, -0.1) is 0 Å². The summed E-state index contributed by atoms with van der Waals surface area (Å²) < 4.78 is 66.3. The van der Waals surface area contributed by atoms with E-state index in [4.69, 9.17) is 32.7 Å². The van der Waals surface area contributed by atoms with Crippen molar-refractivity contribution in [2.24, 2.45) is 0 Å². The van der Waals surface area contributed by atoms with Crippen LogP contribution in [0.2, 0.25) is 10.0 Å². The Balaban J connectivity index is 1.65. The first-order valence-corrected chi connectivity index (χ1v) is 15.3. The number of nitrogens with one attached hydrogen (secondary N) is 1. The maximum Gasteiger partial charge on any atom is 0.264 e. The lowest BCUT2D eigenvalue weighted by atomic mass is 10.3. The molecule has 0 aliphatic carbocycles. The molecule has 4 rings (SSSR count). The first-order valence-electron chi connectivity index (χ1n) is 11.6. The number of carbonyl (C=O) groups excluding carboxylic acids is 1. The highest BCUT2D eigenvalue weighted by molar-refractivity contribution is 7.92. The van der Waals surface area contributed by atoms with Gasteiger partial charge in [0.05, 0.1) is 41.0 Å². The van der Waals surface area contributed by atoms with Gasteiger partial charge in [0.25, 0.3) is 10.0 Å². The highest BCUT2D eigenvalue weighted by Gasteiger charge is 2.31. The summed E-state index contributed by atoms with van der Waals surface area (Å²) in [7, 11) is -6.80. The van der Waals surface area contributed by atoms with E-state index in [1.165, 1.54) is 59.9 Å². The molecule has 0 unspecified atom stereocenters. The van der Waals surface area contributed by atoms with E-state index in [-0.39, 0.29) is 63.3 Å². The van der Waals surface area contributed by atoms with Gasteiger partial charge in [0.1, 0.15) is 17.2 Å². The van der Waals surface area contributed by atoms with Gasteiger partial charge in [0, 0.05) is 18.8 Å². The van der Waals surface area contributed by atoms with Crippen molar-refractivity contribution in [2.45, 2.75) is 9.79 Å². The van der Waals surface area contributed by atoms with Crippen LogP contribution in [0.1, 0.15) is 0 Å². The van der Waals surface area contributed by atoms with Gasteiger partial charge in [-0.05, 0) is 48.5 Å². The summed E-state index contributed by atoms with van der Waals surface area (Å²) in [5.74, 6) is -0.621. The minimum absolute atomic E-state index is 0.0350. The number of amides is 1.